The Morgan fingerprint density at radius 3 is 2.55 bits per heavy atom. The van der Waals surface area contributed by atoms with Crippen molar-refractivity contribution in [2.75, 3.05) is 56.7 Å². The topological polar surface area (TPSA) is 132 Å². The molecule has 3 atom stereocenters. The smallest absolute Gasteiger partial charge is 0.237 e. The zero-order valence-corrected chi connectivity index (χ0v) is 27.1. The van der Waals surface area contributed by atoms with Gasteiger partial charge in [-0.3, -0.25) is 24.6 Å². The molecule has 3 saturated heterocycles. The molecule has 0 spiro atoms. The van der Waals surface area contributed by atoms with Gasteiger partial charge in [0.25, 0.3) is 0 Å². The fourth-order valence-electron chi connectivity index (χ4n) is 7.66. The highest BCUT2D eigenvalue weighted by molar-refractivity contribution is 6.00. The Morgan fingerprint density at radius 2 is 1.82 bits per heavy atom. The summed E-state index contributed by atoms with van der Waals surface area (Å²) in [5.74, 6) is -0.00896. The van der Waals surface area contributed by atoms with E-state index in [0.717, 1.165) is 46.4 Å². The molecule has 3 aliphatic heterocycles. The fraction of sp³-hybridized carbons (Fsp3) is 0.333. The molecule has 8 rings (SSSR count). The summed E-state index contributed by atoms with van der Waals surface area (Å²) in [7, 11) is 1.61. The Hall–Kier alpha value is -5.27. The SMILES string of the molecule is COCC1(C(=O)Nc2ccc3[nH]nc(-c4ccncc4)c3c2)CCN(CC(=O)N2C[C@H]3C[C@@H]2CN3c2ccc(-c3ncc(F)cn3)cc2)C1. The molecule has 2 amide bonds. The number of aromatic amines is 1. The first-order chi connectivity index (χ1) is 23.9. The van der Waals surface area contributed by atoms with Crippen molar-refractivity contribution < 1.29 is 18.7 Å². The molecule has 2 aromatic carbocycles. The third kappa shape index (κ3) is 5.89. The second kappa shape index (κ2) is 12.6. The highest BCUT2D eigenvalue weighted by Crippen LogP contribution is 2.37. The third-order valence-electron chi connectivity index (χ3n) is 10.1. The lowest BCUT2D eigenvalue weighted by molar-refractivity contribution is -0.134. The molecule has 0 saturated carbocycles. The number of halogens is 1. The van der Waals surface area contributed by atoms with Gasteiger partial charge in [0.1, 0.15) is 5.69 Å². The van der Waals surface area contributed by atoms with Gasteiger partial charge in [0.2, 0.25) is 11.8 Å². The minimum absolute atomic E-state index is 0.0960. The van der Waals surface area contributed by atoms with Crippen molar-refractivity contribution in [1.29, 1.82) is 0 Å². The van der Waals surface area contributed by atoms with Crippen LogP contribution in [0.5, 0.6) is 0 Å². The number of hydrogen-bond donors (Lipinski definition) is 2. The predicted molar refractivity (Wildman–Crippen MR) is 182 cm³/mol. The molecule has 12 nitrogen and oxygen atoms in total. The number of piperazine rings is 1. The first kappa shape index (κ1) is 31.0. The quantitative estimate of drug-likeness (QED) is 0.241. The van der Waals surface area contributed by atoms with Gasteiger partial charge < -0.3 is 19.9 Å². The van der Waals surface area contributed by atoms with Crippen LogP contribution in [0.2, 0.25) is 0 Å². The zero-order chi connectivity index (χ0) is 33.5. The number of nitrogens with zero attached hydrogens (tertiary/aromatic N) is 7. The van der Waals surface area contributed by atoms with Gasteiger partial charge in [0, 0.05) is 73.1 Å². The first-order valence-electron chi connectivity index (χ1n) is 16.4. The monoisotopic (exact) mass is 661 g/mol. The lowest BCUT2D eigenvalue weighted by Gasteiger charge is -2.36. The zero-order valence-electron chi connectivity index (χ0n) is 27.1. The Labute approximate surface area is 282 Å². The summed E-state index contributed by atoms with van der Waals surface area (Å²) in [6.45, 7) is 3.03. The highest BCUT2D eigenvalue weighted by Gasteiger charge is 2.48. The van der Waals surface area contributed by atoms with Crippen LogP contribution in [0.3, 0.4) is 0 Å². The largest absolute Gasteiger partial charge is 0.384 e. The van der Waals surface area contributed by atoms with E-state index >= 15 is 0 Å². The van der Waals surface area contributed by atoms with E-state index in [9.17, 15) is 14.0 Å². The summed E-state index contributed by atoms with van der Waals surface area (Å²) in [6, 6.07) is 17.9. The van der Waals surface area contributed by atoms with E-state index in [2.05, 4.69) is 40.3 Å². The molecule has 5 aromatic rings. The van der Waals surface area contributed by atoms with Crippen molar-refractivity contribution >= 4 is 34.1 Å². The number of nitrogens with one attached hydrogen (secondary N) is 2. The van der Waals surface area contributed by atoms with Crippen LogP contribution in [-0.4, -0.2) is 105 Å². The van der Waals surface area contributed by atoms with Gasteiger partial charge in [-0.05, 0) is 74.0 Å². The Morgan fingerprint density at radius 1 is 1.02 bits per heavy atom. The van der Waals surface area contributed by atoms with Crippen LogP contribution in [0, 0.1) is 11.2 Å². The second-order valence-electron chi connectivity index (χ2n) is 13.2. The maximum Gasteiger partial charge on any atom is 0.237 e. The predicted octanol–water partition coefficient (Wildman–Crippen LogP) is 3.99. The van der Waals surface area contributed by atoms with Crippen molar-refractivity contribution in [3.8, 4) is 22.6 Å². The molecule has 1 unspecified atom stereocenters. The van der Waals surface area contributed by atoms with Crippen LogP contribution in [0.15, 0.2) is 79.4 Å². The van der Waals surface area contributed by atoms with Gasteiger partial charge in [-0.15, -0.1) is 0 Å². The molecule has 3 aliphatic rings. The van der Waals surface area contributed by atoms with Gasteiger partial charge in [-0.25, -0.2) is 14.4 Å². The molecule has 0 aliphatic carbocycles. The van der Waals surface area contributed by atoms with Gasteiger partial charge >= 0.3 is 0 Å². The molecule has 250 valence electrons. The molecule has 3 aromatic heterocycles. The number of methoxy groups -OCH3 is 1. The highest BCUT2D eigenvalue weighted by atomic mass is 19.1. The minimum Gasteiger partial charge on any atom is -0.384 e. The molecule has 6 heterocycles. The number of amides is 2. The van der Waals surface area contributed by atoms with E-state index < -0.39 is 11.2 Å². The van der Waals surface area contributed by atoms with Crippen LogP contribution < -0.4 is 10.2 Å². The Kier molecular flexibility index (Phi) is 8.00. The number of ether oxygens (including phenoxy) is 1. The van der Waals surface area contributed by atoms with Crippen molar-refractivity contribution in [3.05, 3.63) is 85.2 Å². The lowest BCUT2D eigenvalue weighted by atomic mass is 9.87. The maximum absolute atomic E-state index is 13.9. The first-order valence-corrected chi connectivity index (χ1v) is 16.4. The molecular weight excluding hydrogens is 625 g/mol. The van der Waals surface area contributed by atoms with E-state index in [1.807, 2.05) is 59.5 Å². The maximum atomic E-state index is 13.9. The standard InChI is InChI=1S/C36H36FN9O3/c1-49-22-36(35(48)41-26-4-7-31-30(14-26)33(43-42-31)23-8-11-38-12-9-23)10-13-44(21-36)20-32(47)46-19-28-15-29(46)18-45(28)27-5-2-24(3-6-27)34-39-16-25(37)17-40-34/h2-9,11-12,14,16-17,28-29H,10,13,15,18-22H2,1H3,(H,41,48)(H,42,43)/t28-,29-,36?/m1/s1. The molecule has 2 N–H and O–H groups in total. The number of fused-ring (bicyclic) bond motifs is 3. The van der Waals surface area contributed by atoms with Gasteiger partial charge in [-0.2, -0.15) is 5.10 Å². The summed E-state index contributed by atoms with van der Waals surface area (Å²) in [6.07, 6.45) is 7.30. The number of benzene rings is 2. The molecule has 2 bridgehead atoms. The number of likely N-dealkylation sites (tertiary alicyclic amines) is 2. The summed E-state index contributed by atoms with van der Waals surface area (Å²) in [5, 5.41) is 11.6. The van der Waals surface area contributed by atoms with Gasteiger partial charge in [-0.1, -0.05) is 0 Å². The van der Waals surface area contributed by atoms with E-state index in [1.165, 1.54) is 12.4 Å². The summed E-state index contributed by atoms with van der Waals surface area (Å²) in [5.41, 5.74) is 4.40. The van der Waals surface area contributed by atoms with Crippen molar-refractivity contribution in [2.24, 2.45) is 5.41 Å². The number of carbonyl (C=O) groups excluding carboxylic acids is 2. The van der Waals surface area contributed by atoms with E-state index in [1.54, 1.807) is 19.5 Å². The third-order valence-corrected chi connectivity index (χ3v) is 10.1. The molecule has 13 heteroatoms. The van der Waals surface area contributed by atoms with Crippen molar-refractivity contribution in [2.45, 2.75) is 24.9 Å². The number of pyridine rings is 1. The second-order valence-corrected chi connectivity index (χ2v) is 13.2. The number of hydrogen-bond acceptors (Lipinski definition) is 9. The Bertz CT molecular complexity index is 1990. The molecular formula is C36H36FN9O3. The van der Waals surface area contributed by atoms with Gasteiger partial charge in [0.05, 0.1) is 42.5 Å². The summed E-state index contributed by atoms with van der Waals surface area (Å²) < 4.78 is 18.8. The van der Waals surface area contributed by atoms with Crippen LogP contribution in [0.4, 0.5) is 15.8 Å². The van der Waals surface area contributed by atoms with Crippen LogP contribution in [0.25, 0.3) is 33.5 Å². The molecule has 3 fully saturated rings. The average molecular weight is 662 g/mol. The Balaban J connectivity index is 0.891. The lowest BCUT2D eigenvalue weighted by Crippen LogP contribution is -2.51. The fourth-order valence-corrected chi connectivity index (χ4v) is 7.66. The van der Waals surface area contributed by atoms with Crippen LogP contribution >= 0.6 is 0 Å². The summed E-state index contributed by atoms with van der Waals surface area (Å²) in [4.78, 5) is 46.2. The van der Waals surface area contributed by atoms with Crippen molar-refractivity contribution in [1.82, 2.24) is 34.9 Å². The average Bonchev–Trinajstić information content (AvgIpc) is 3.93. The number of rotatable bonds is 9. The summed E-state index contributed by atoms with van der Waals surface area (Å²) >= 11 is 0. The van der Waals surface area contributed by atoms with E-state index in [0.29, 0.717) is 37.6 Å². The molecule has 0 radical (unpaired) electrons. The van der Waals surface area contributed by atoms with Crippen molar-refractivity contribution in [3.63, 3.8) is 0 Å². The minimum atomic E-state index is -0.778. The molecule has 49 heavy (non-hydrogen) atoms. The normalized spacial score (nSPS) is 21.9. The number of H-pyrrole nitrogens is 1. The number of carbonyl (C=O) groups is 2. The van der Waals surface area contributed by atoms with Crippen LogP contribution in [0.1, 0.15) is 12.8 Å². The van der Waals surface area contributed by atoms with E-state index in [4.69, 9.17) is 4.74 Å². The van der Waals surface area contributed by atoms with Gasteiger partial charge in [0.15, 0.2) is 11.6 Å². The number of anilines is 2. The number of aromatic nitrogens is 5. The van der Waals surface area contributed by atoms with E-state index in [-0.39, 0.29) is 37.0 Å². The van der Waals surface area contributed by atoms with Crippen LogP contribution in [-0.2, 0) is 14.3 Å².